The smallest absolute Gasteiger partial charge is 0.0962 e. The molecule has 2 N–H and O–H groups in total. The summed E-state index contributed by atoms with van der Waals surface area (Å²) >= 11 is 0. The van der Waals surface area contributed by atoms with Crippen LogP contribution in [0.25, 0.3) is 22.2 Å². The Morgan fingerprint density at radius 2 is 2.00 bits per heavy atom. The highest BCUT2D eigenvalue weighted by atomic mass is 16.5. The van der Waals surface area contributed by atoms with Crippen molar-refractivity contribution in [2.75, 3.05) is 39.4 Å². The Bertz CT molecular complexity index is 924. The van der Waals surface area contributed by atoms with E-state index >= 15 is 0 Å². The molecule has 0 amide bonds. The molecule has 1 atom stereocenters. The fraction of sp³-hybridized carbons (Fsp3) is 0.455. The Kier molecular flexibility index (Phi) is 5.08. The van der Waals surface area contributed by atoms with Gasteiger partial charge in [-0.3, -0.25) is 15.0 Å². The first-order valence-electron chi connectivity index (χ1n) is 10.3. The molecule has 0 radical (unpaired) electrons. The maximum atomic E-state index is 5.44. The van der Waals surface area contributed by atoms with Crippen molar-refractivity contribution < 1.29 is 4.74 Å². The molecule has 0 aliphatic carbocycles. The van der Waals surface area contributed by atoms with Crippen LogP contribution < -0.4 is 5.32 Å². The molecule has 2 aliphatic heterocycles. The van der Waals surface area contributed by atoms with Crippen molar-refractivity contribution in [3.8, 4) is 11.3 Å². The Morgan fingerprint density at radius 1 is 1.14 bits per heavy atom. The Balaban J connectivity index is 1.43. The van der Waals surface area contributed by atoms with Gasteiger partial charge in [-0.05, 0) is 31.0 Å². The largest absolute Gasteiger partial charge is 0.379 e. The highest BCUT2D eigenvalue weighted by Gasteiger charge is 2.19. The number of morpholine rings is 1. The number of aromatic nitrogens is 3. The molecule has 6 heteroatoms. The lowest BCUT2D eigenvalue weighted by Gasteiger charge is -2.26. The number of nitrogens with zero attached hydrogens (tertiary/aromatic N) is 3. The van der Waals surface area contributed by atoms with E-state index in [-0.39, 0.29) is 0 Å². The molecule has 0 spiro atoms. The topological polar surface area (TPSA) is 66.1 Å². The van der Waals surface area contributed by atoms with Crippen LogP contribution in [0.3, 0.4) is 0 Å². The van der Waals surface area contributed by atoms with Crippen LogP contribution in [0.1, 0.15) is 30.0 Å². The van der Waals surface area contributed by atoms with E-state index in [1.807, 2.05) is 6.20 Å². The van der Waals surface area contributed by atoms with Crippen molar-refractivity contribution in [3.05, 3.63) is 47.8 Å². The van der Waals surface area contributed by atoms with E-state index in [1.54, 1.807) is 0 Å². The second kappa shape index (κ2) is 7.99. The molecule has 1 aromatic carbocycles. The van der Waals surface area contributed by atoms with Crippen LogP contribution in [0.2, 0.25) is 0 Å². The maximum absolute atomic E-state index is 5.44. The number of benzene rings is 1. The van der Waals surface area contributed by atoms with E-state index in [4.69, 9.17) is 9.72 Å². The number of hydrogen-bond donors (Lipinski definition) is 2. The number of nitrogens with one attached hydrogen (secondary N) is 2. The molecule has 2 aliphatic rings. The lowest BCUT2D eigenvalue weighted by molar-refractivity contribution is 0.0342. The molecule has 3 aromatic rings. The van der Waals surface area contributed by atoms with Crippen molar-refractivity contribution in [2.24, 2.45) is 0 Å². The number of pyridine rings is 1. The number of aromatic amines is 1. The van der Waals surface area contributed by atoms with Crippen molar-refractivity contribution >= 4 is 10.9 Å². The minimum atomic E-state index is 0.479. The van der Waals surface area contributed by atoms with E-state index in [2.05, 4.69) is 50.7 Å². The zero-order valence-corrected chi connectivity index (χ0v) is 16.2. The zero-order chi connectivity index (χ0) is 18.8. The van der Waals surface area contributed by atoms with E-state index < -0.39 is 0 Å². The first-order chi connectivity index (χ1) is 13.9. The van der Waals surface area contributed by atoms with E-state index in [0.29, 0.717) is 5.92 Å². The lowest BCUT2D eigenvalue weighted by atomic mass is 9.94. The molecule has 4 heterocycles. The second-order valence-electron chi connectivity index (χ2n) is 7.86. The van der Waals surface area contributed by atoms with Crippen molar-refractivity contribution in [1.82, 2.24) is 25.4 Å². The number of piperidine rings is 1. The summed E-state index contributed by atoms with van der Waals surface area (Å²) in [5, 5.41) is 12.1. The summed E-state index contributed by atoms with van der Waals surface area (Å²) in [5.41, 5.74) is 5.68. The molecule has 5 rings (SSSR count). The monoisotopic (exact) mass is 377 g/mol. The summed E-state index contributed by atoms with van der Waals surface area (Å²) in [6, 6.07) is 11.0. The van der Waals surface area contributed by atoms with E-state index in [9.17, 15) is 0 Å². The summed E-state index contributed by atoms with van der Waals surface area (Å²) in [6.07, 6.45) is 4.32. The summed E-state index contributed by atoms with van der Waals surface area (Å²) in [4.78, 5) is 7.52. The Hall–Kier alpha value is -2.28. The van der Waals surface area contributed by atoms with E-state index in [0.717, 1.165) is 68.1 Å². The number of ether oxygens (including phenoxy) is 1. The second-order valence-corrected chi connectivity index (χ2v) is 7.86. The first kappa shape index (κ1) is 17.8. The fourth-order valence-corrected chi connectivity index (χ4v) is 4.28. The molecule has 2 saturated heterocycles. The zero-order valence-electron chi connectivity index (χ0n) is 16.2. The fourth-order valence-electron chi connectivity index (χ4n) is 4.28. The summed E-state index contributed by atoms with van der Waals surface area (Å²) in [5.74, 6) is 0.479. The standard InChI is InChI=1S/C22H27N5O/c1-2-18(13-23-7-1)20-12-19-14-24-26-22(19)21(25-20)17-5-3-16(4-6-17)15-27-8-10-28-11-9-27/h3-6,12,14,18,23H,1-2,7-11,13,15H2,(H,24,26). The van der Waals surface area contributed by atoms with Gasteiger partial charge in [0.15, 0.2) is 0 Å². The third kappa shape index (κ3) is 3.68. The SMILES string of the molecule is c1cc(-c2nc(C3CCCNC3)cc3cn[nH]c23)ccc1CN1CCOCC1. The Morgan fingerprint density at radius 3 is 2.79 bits per heavy atom. The summed E-state index contributed by atoms with van der Waals surface area (Å²) in [6.45, 7) is 6.79. The van der Waals surface area contributed by atoms with Gasteiger partial charge in [-0.25, -0.2) is 0 Å². The summed E-state index contributed by atoms with van der Waals surface area (Å²) < 4.78 is 5.44. The normalized spacial score (nSPS) is 21.2. The van der Waals surface area contributed by atoms with Crippen LogP contribution in [-0.2, 0) is 11.3 Å². The average molecular weight is 377 g/mol. The van der Waals surface area contributed by atoms with Gasteiger partial charge in [0.05, 0.1) is 30.6 Å². The highest BCUT2D eigenvalue weighted by Crippen LogP contribution is 2.30. The number of H-pyrrole nitrogens is 1. The summed E-state index contributed by atoms with van der Waals surface area (Å²) in [7, 11) is 0. The molecular formula is C22H27N5O. The predicted molar refractivity (Wildman–Crippen MR) is 110 cm³/mol. The van der Waals surface area contributed by atoms with Crippen LogP contribution in [-0.4, -0.2) is 59.5 Å². The van der Waals surface area contributed by atoms with Crippen LogP contribution in [0.4, 0.5) is 0 Å². The molecule has 0 bridgehead atoms. The van der Waals surface area contributed by atoms with Crippen LogP contribution in [0.15, 0.2) is 36.5 Å². The van der Waals surface area contributed by atoms with Gasteiger partial charge in [0.2, 0.25) is 0 Å². The van der Waals surface area contributed by atoms with Crippen molar-refractivity contribution in [1.29, 1.82) is 0 Å². The van der Waals surface area contributed by atoms with Gasteiger partial charge in [-0.1, -0.05) is 24.3 Å². The van der Waals surface area contributed by atoms with Crippen molar-refractivity contribution in [2.45, 2.75) is 25.3 Å². The number of rotatable bonds is 4. The average Bonchev–Trinajstić information content (AvgIpc) is 3.24. The van der Waals surface area contributed by atoms with Crippen molar-refractivity contribution in [3.63, 3.8) is 0 Å². The number of fused-ring (bicyclic) bond motifs is 1. The maximum Gasteiger partial charge on any atom is 0.0962 e. The molecule has 6 nitrogen and oxygen atoms in total. The van der Waals surface area contributed by atoms with Gasteiger partial charge in [-0.2, -0.15) is 5.10 Å². The van der Waals surface area contributed by atoms with Crippen LogP contribution in [0, 0.1) is 0 Å². The van der Waals surface area contributed by atoms with Gasteiger partial charge in [0.1, 0.15) is 0 Å². The molecule has 0 saturated carbocycles. The van der Waals surface area contributed by atoms with Gasteiger partial charge < -0.3 is 10.1 Å². The first-order valence-corrected chi connectivity index (χ1v) is 10.3. The molecule has 1 unspecified atom stereocenters. The predicted octanol–water partition coefficient (Wildman–Crippen LogP) is 2.92. The quantitative estimate of drug-likeness (QED) is 0.732. The lowest BCUT2D eigenvalue weighted by Crippen LogP contribution is -2.35. The molecule has 2 fully saturated rings. The van der Waals surface area contributed by atoms with Gasteiger partial charge in [-0.15, -0.1) is 0 Å². The van der Waals surface area contributed by atoms with Gasteiger partial charge in [0, 0.05) is 48.7 Å². The molecular weight excluding hydrogens is 350 g/mol. The molecule has 2 aromatic heterocycles. The van der Waals surface area contributed by atoms with E-state index in [1.165, 1.54) is 24.1 Å². The Labute approximate surface area is 165 Å². The highest BCUT2D eigenvalue weighted by molar-refractivity contribution is 5.91. The third-order valence-corrected chi connectivity index (χ3v) is 5.90. The minimum absolute atomic E-state index is 0.479. The third-order valence-electron chi connectivity index (χ3n) is 5.90. The van der Waals surface area contributed by atoms with Gasteiger partial charge in [0.25, 0.3) is 0 Å². The van der Waals surface area contributed by atoms with Crippen LogP contribution >= 0.6 is 0 Å². The van der Waals surface area contributed by atoms with Gasteiger partial charge >= 0.3 is 0 Å². The molecule has 146 valence electrons. The minimum Gasteiger partial charge on any atom is -0.379 e. The van der Waals surface area contributed by atoms with Crippen LogP contribution in [0.5, 0.6) is 0 Å². The molecule has 28 heavy (non-hydrogen) atoms. The number of hydrogen-bond acceptors (Lipinski definition) is 5.